The van der Waals surface area contributed by atoms with Crippen LogP contribution < -0.4 is 0 Å². The van der Waals surface area contributed by atoms with Gasteiger partial charge in [-0.05, 0) is 37.9 Å². The Labute approximate surface area is 115 Å². The highest BCUT2D eigenvalue weighted by Crippen LogP contribution is 2.36. The highest BCUT2D eigenvalue weighted by Gasteiger charge is 2.45. The molecular formula is C16H22N2O. The molecule has 3 aliphatic rings. The van der Waals surface area contributed by atoms with Gasteiger partial charge in [0.25, 0.3) is 0 Å². The lowest BCUT2D eigenvalue weighted by molar-refractivity contribution is -0.141. The number of piperidine rings is 3. The third kappa shape index (κ3) is 2.44. The van der Waals surface area contributed by atoms with Gasteiger partial charge in [0.1, 0.15) is 0 Å². The molecule has 3 fully saturated rings. The molecule has 4 unspecified atom stereocenters. The Balaban J connectivity index is 1.78. The summed E-state index contributed by atoms with van der Waals surface area (Å²) in [4.78, 5) is 19.3. The highest BCUT2D eigenvalue weighted by atomic mass is 16.1. The summed E-state index contributed by atoms with van der Waals surface area (Å²) < 4.78 is 0. The van der Waals surface area contributed by atoms with Crippen molar-refractivity contribution in [2.45, 2.75) is 51.1 Å². The first-order valence-corrected chi connectivity index (χ1v) is 7.49. The second-order valence-corrected chi connectivity index (χ2v) is 5.84. The molecule has 0 saturated carbocycles. The minimum atomic E-state index is 0.0824. The van der Waals surface area contributed by atoms with Crippen LogP contribution in [0.4, 0.5) is 0 Å². The van der Waals surface area contributed by atoms with Crippen LogP contribution in [0.5, 0.6) is 0 Å². The molecule has 4 atom stereocenters. The summed E-state index contributed by atoms with van der Waals surface area (Å²) in [7, 11) is 0. The number of hydrogen-bond acceptors (Lipinski definition) is 3. The molecule has 0 aliphatic carbocycles. The standard InChI is InChI=1S/C16H22N2O/c1-2-5-14-10-12-7-9-18(14)15(16(12)19)11-13-6-3-4-8-17-13/h3-4,6,8,12,14-15H,2,5,7,9-11H2,1H3. The van der Waals surface area contributed by atoms with Crippen LogP contribution in [0.25, 0.3) is 0 Å². The Morgan fingerprint density at radius 2 is 2.32 bits per heavy atom. The van der Waals surface area contributed by atoms with E-state index < -0.39 is 0 Å². The molecule has 3 nitrogen and oxygen atoms in total. The fourth-order valence-corrected chi connectivity index (χ4v) is 3.73. The lowest BCUT2D eigenvalue weighted by Crippen LogP contribution is -2.60. The van der Waals surface area contributed by atoms with Crippen molar-refractivity contribution < 1.29 is 4.79 Å². The lowest BCUT2D eigenvalue weighted by atomic mass is 9.75. The predicted molar refractivity (Wildman–Crippen MR) is 74.9 cm³/mol. The number of hydrogen-bond donors (Lipinski definition) is 0. The zero-order valence-electron chi connectivity index (χ0n) is 11.6. The van der Waals surface area contributed by atoms with Gasteiger partial charge in [0.15, 0.2) is 5.78 Å². The number of pyridine rings is 1. The molecule has 0 aromatic carbocycles. The Morgan fingerprint density at radius 1 is 1.42 bits per heavy atom. The van der Waals surface area contributed by atoms with Gasteiger partial charge < -0.3 is 0 Å². The van der Waals surface area contributed by atoms with Gasteiger partial charge in [-0.1, -0.05) is 19.4 Å². The van der Waals surface area contributed by atoms with Crippen LogP contribution in [0, 0.1) is 5.92 Å². The Kier molecular flexibility index (Phi) is 3.65. The number of nitrogens with zero attached hydrogens (tertiary/aromatic N) is 2. The number of carbonyl (C=O) groups excluding carboxylic acids is 1. The number of ketones is 1. The molecule has 102 valence electrons. The van der Waals surface area contributed by atoms with E-state index in [1.807, 2.05) is 24.4 Å². The van der Waals surface area contributed by atoms with Gasteiger partial charge in [0.05, 0.1) is 6.04 Å². The van der Waals surface area contributed by atoms with Crippen molar-refractivity contribution in [3.63, 3.8) is 0 Å². The summed E-state index contributed by atoms with van der Waals surface area (Å²) in [5, 5.41) is 0. The van der Waals surface area contributed by atoms with Gasteiger partial charge in [-0.2, -0.15) is 0 Å². The third-order valence-corrected chi connectivity index (χ3v) is 4.64. The maximum Gasteiger partial charge on any atom is 0.153 e. The molecule has 0 amide bonds. The first-order chi connectivity index (χ1) is 9.29. The van der Waals surface area contributed by atoms with E-state index in [0.29, 0.717) is 17.7 Å². The maximum atomic E-state index is 12.5. The Hall–Kier alpha value is -1.22. The second-order valence-electron chi connectivity index (χ2n) is 5.84. The molecule has 3 saturated heterocycles. The van der Waals surface area contributed by atoms with Gasteiger partial charge in [-0.25, -0.2) is 0 Å². The molecule has 4 rings (SSSR count). The molecule has 1 aromatic rings. The Bertz CT molecular complexity index is 445. The van der Waals surface area contributed by atoms with Gasteiger partial charge >= 0.3 is 0 Å². The van der Waals surface area contributed by atoms with E-state index in [9.17, 15) is 4.79 Å². The largest absolute Gasteiger partial charge is 0.298 e. The van der Waals surface area contributed by atoms with Crippen LogP contribution in [0.1, 0.15) is 38.3 Å². The van der Waals surface area contributed by atoms with Crippen LogP contribution in [0.2, 0.25) is 0 Å². The van der Waals surface area contributed by atoms with Crippen LogP contribution in [-0.2, 0) is 11.2 Å². The summed E-state index contributed by atoms with van der Waals surface area (Å²) in [6.07, 6.45) is 7.19. The van der Waals surface area contributed by atoms with E-state index in [1.165, 1.54) is 12.8 Å². The average molecular weight is 258 g/mol. The molecule has 2 bridgehead atoms. The van der Waals surface area contributed by atoms with Crippen molar-refractivity contribution >= 4 is 5.78 Å². The first kappa shape index (κ1) is 12.8. The molecule has 4 heterocycles. The molecule has 19 heavy (non-hydrogen) atoms. The van der Waals surface area contributed by atoms with Crippen molar-refractivity contribution in [3.05, 3.63) is 30.1 Å². The number of fused-ring (bicyclic) bond motifs is 3. The van der Waals surface area contributed by atoms with E-state index in [2.05, 4.69) is 16.8 Å². The van der Waals surface area contributed by atoms with Crippen LogP contribution in [0.3, 0.4) is 0 Å². The minimum absolute atomic E-state index is 0.0824. The van der Waals surface area contributed by atoms with Gasteiger partial charge in [-0.15, -0.1) is 0 Å². The average Bonchev–Trinajstić information content (AvgIpc) is 2.45. The van der Waals surface area contributed by atoms with Gasteiger partial charge in [0.2, 0.25) is 0 Å². The van der Waals surface area contributed by atoms with E-state index in [0.717, 1.165) is 31.5 Å². The van der Waals surface area contributed by atoms with Gasteiger partial charge in [0, 0.05) is 30.3 Å². The topological polar surface area (TPSA) is 33.2 Å². The molecule has 0 radical (unpaired) electrons. The molecular weight excluding hydrogens is 236 g/mol. The van der Waals surface area contributed by atoms with Crippen LogP contribution in [-0.4, -0.2) is 34.3 Å². The van der Waals surface area contributed by atoms with Crippen molar-refractivity contribution in [1.82, 2.24) is 9.88 Å². The maximum absolute atomic E-state index is 12.5. The monoisotopic (exact) mass is 258 g/mol. The summed E-state index contributed by atoms with van der Waals surface area (Å²) in [6, 6.07) is 6.67. The fraction of sp³-hybridized carbons (Fsp3) is 0.625. The van der Waals surface area contributed by atoms with Crippen LogP contribution >= 0.6 is 0 Å². The normalized spacial score (nSPS) is 33.6. The quantitative estimate of drug-likeness (QED) is 0.831. The first-order valence-electron chi connectivity index (χ1n) is 7.49. The van der Waals surface area contributed by atoms with E-state index in [1.54, 1.807) is 0 Å². The van der Waals surface area contributed by atoms with Crippen molar-refractivity contribution in [1.29, 1.82) is 0 Å². The highest BCUT2D eigenvalue weighted by molar-refractivity contribution is 5.88. The molecule has 3 aliphatic heterocycles. The molecule has 3 heteroatoms. The van der Waals surface area contributed by atoms with E-state index >= 15 is 0 Å². The SMILES string of the molecule is CCCC1CC2CCN1C(Cc1ccccn1)C2=O. The van der Waals surface area contributed by atoms with Gasteiger partial charge in [-0.3, -0.25) is 14.7 Å². The van der Waals surface area contributed by atoms with E-state index in [-0.39, 0.29) is 6.04 Å². The number of rotatable bonds is 4. The minimum Gasteiger partial charge on any atom is -0.298 e. The molecule has 0 N–H and O–H groups in total. The van der Waals surface area contributed by atoms with Crippen molar-refractivity contribution in [2.24, 2.45) is 5.92 Å². The van der Waals surface area contributed by atoms with Crippen molar-refractivity contribution in [2.75, 3.05) is 6.54 Å². The summed E-state index contributed by atoms with van der Waals surface area (Å²) in [5.74, 6) is 0.777. The van der Waals surface area contributed by atoms with Crippen molar-refractivity contribution in [3.8, 4) is 0 Å². The second kappa shape index (κ2) is 5.41. The van der Waals surface area contributed by atoms with E-state index in [4.69, 9.17) is 0 Å². The summed E-state index contributed by atoms with van der Waals surface area (Å²) >= 11 is 0. The smallest absolute Gasteiger partial charge is 0.153 e. The summed E-state index contributed by atoms with van der Waals surface area (Å²) in [6.45, 7) is 3.33. The molecule has 0 spiro atoms. The molecule has 1 aromatic heterocycles. The third-order valence-electron chi connectivity index (χ3n) is 4.64. The van der Waals surface area contributed by atoms with Crippen LogP contribution in [0.15, 0.2) is 24.4 Å². The zero-order valence-corrected chi connectivity index (χ0v) is 11.6. The number of Topliss-reactive ketones (excluding diaryl/α,β-unsaturated/α-hetero) is 1. The number of carbonyl (C=O) groups is 1. The lowest BCUT2D eigenvalue weighted by Gasteiger charge is -2.49. The number of aromatic nitrogens is 1. The fourth-order valence-electron chi connectivity index (χ4n) is 3.73. The Morgan fingerprint density at radius 3 is 3.05 bits per heavy atom. The predicted octanol–water partition coefficient (Wildman–Crippen LogP) is 2.46. The summed E-state index contributed by atoms with van der Waals surface area (Å²) in [5.41, 5.74) is 1.05. The zero-order chi connectivity index (χ0) is 13.2.